The molecule has 3 heteroatoms. The van der Waals surface area contributed by atoms with E-state index in [-0.39, 0.29) is 5.82 Å². The maximum Gasteiger partial charge on any atom is 0.128 e. The lowest BCUT2D eigenvalue weighted by molar-refractivity contribution is 0.568. The minimum Gasteiger partial charge on any atom is -0.472 e. The molecule has 0 amide bonds. The Balaban J connectivity index is 2.33. The summed E-state index contributed by atoms with van der Waals surface area (Å²) in [6.45, 7) is 0.539. The van der Waals surface area contributed by atoms with Gasteiger partial charge in [0, 0.05) is 17.7 Å². The lowest BCUT2D eigenvalue weighted by atomic mass is 10.1. The van der Waals surface area contributed by atoms with Crippen LogP contribution >= 0.6 is 0 Å². The summed E-state index contributed by atoms with van der Waals surface area (Å²) in [5.41, 5.74) is 2.40. The van der Waals surface area contributed by atoms with Crippen LogP contribution in [0.1, 0.15) is 5.56 Å². The molecule has 0 atom stereocenters. The third kappa shape index (κ3) is 2.07. The Morgan fingerprint density at radius 2 is 2.13 bits per heavy atom. The first-order chi connectivity index (χ1) is 7.31. The van der Waals surface area contributed by atoms with E-state index in [0.29, 0.717) is 12.1 Å². The van der Waals surface area contributed by atoms with E-state index in [1.165, 1.54) is 6.07 Å². The number of nitrogens with one attached hydrogen (secondary N) is 1. The predicted molar refractivity (Wildman–Crippen MR) is 56.9 cm³/mol. The minimum absolute atomic E-state index is 0.192. The Morgan fingerprint density at radius 3 is 2.73 bits per heavy atom. The Kier molecular flexibility index (Phi) is 2.83. The van der Waals surface area contributed by atoms with Gasteiger partial charge >= 0.3 is 0 Å². The van der Waals surface area contributed by atoms with Crippen LogP contribution in [0.15, 0.2) is 41.2 Å². The summed E-state index contributed by atoms with van der Waals surface area (Å²) in [5.74, 6) is -0.192. The summed E-state index contributed by atoms with van der Waals surface area (Å²) in [5, 5.41) is 2.92. The fourth-order valence-corrected chi connectivity index (χ4v) is 1.49. The van der Waals surface area contributed by atoms with Crippen LogP contribution in [0.5, 0.6) is 0 Å². The van der Waals surface area contributed by atoms with E-state index in [2.05, 4.69) is 5.32 Å². The lowest BCUT2D eigenvalue weighted by Crippen LogP contribution is -2.06. The Hall–Kier alpha value is -1.61. The van der Waals surface area contributed by atoms with Crippen LogP contribution in [0.2, 0.25) is 0 Å². The average molecular weight is 205 g/mol. The van der Waals surface area contributed by atoms with Gasteiger partial charge in [-0.2, -0.15) is 0 Å². The standard InChI is InChI=1S/C12H12FNO/c1-14-7-10-3-2-9(6-12(10)13)11-4-5-15-8-11/h2-6,8,14H,7H2,1H3. The molecule has 1 aromatic heterocycles. The number of rotatable bonds is 3. The van der Waals surface area contributed by atoms with Gasteiger partial charge in [0.05, 0.1) is 12.5 Å². The Bertz CT molecular complexity index is 437. The zero-order chi connectivity index (χ0) is 10.7. The highest BCUT2D eigenvalue weighted by Gasteiger charge is 2.04. The number of hydrogen-bond acceptors (Lipinski definition) is 2. The topological polar surface area (TPSA) is 25.2 Å². The van der Waals surface area contributed by atoms with Gasteiger partial charge in [-0.1, -0.05) is 12.1 Å². The number of halogens is 1. The molecule has 2 rings (SSSR count). The third-order valence-electron chi connectivity index (χ3n) is 2.27. The largest absolute Gasteiger partial charge is 0.472 e. The molecule has 0 saturated heterocycles. The highest BCUT2D eigenvalue weighted by atomic mass is 19.1. The molecule has 2 aromatic rings. The Labute approximate surface area is 87.7 Å². The summed E-state index contributed by atoms with van der Waals surface area (Å²) in [4.78, 5) is 0. The molecule has 0 saturated carbocycles. The van der Waals surface area contributed by atoms with Crippen molar-refractivity contribution in [1.82, 2.24) is 5.32 Å². The molecule has 1 aromatic carbocycles. The van der Waals surface area contributed by atoms with Crippen molar-refractivity contribution in [2.75, 3.05) is 7.05 Å². The molecule has 2 nitrogen and oxygen atoms in total. The molecular weight excluding hydrogens is 193 g/mol. The molecule has 0 aliphatic carbocycles. The molecule has 0 unspecified atom stereocenters. The Morgan fingerprint density at radius 1 is 1.27 bits per heavy atom. The van der Waals surface area contributed by atoms with Gasteiger partial charge in [-0.15, -0.1) is 0 Å². The first-order valence-electron chi connectivity index (χ1n) is 4.77. The number of furan rings is 1. The van der Waals surface area contributed by atoms with Crippen molar-refractivity contribution in [3.05, 3.63) is 48.2 Å². The third-order valence-corrected chi connectivity index (χ3v) is 2.27. The van der Waals surface area contributed by atoms with Crippen LogP contribution in [0.4, 0.5) is 4.39 Å². The summed E-state index contributed by atoms with van der Waals surface area (Å²) < 4.78 is 18.5. The van der Waals surface area contributed by atoms with Crippen molar-refractivity contribution in [2.24, 2.45) is 0 Å². The molecule has 0 fully saturated rings. The van der Waals surface area contributed by atoms with E-state index in [1.54, 1.807) is 25.6 Å². The maximum absolute atomic E-state index is 13.6. The van der Waals surface area contributed by atoms with Crippen LogP contribution in [-0.2, 0) is 6.54 Å². The molecular formula is C12H12FNO. The van der Waals surface area contributed by atoms with Crippen molar-refractivity contribution in [3.8, 4) is 11.1 Å². The zero-order valence-corrected chi connectivity index (χ0v) is 8.46. The van der Waals surface area contributed by atoms with Gasteiger partial charge < -0.3 is 9.73 Å². The fourth-order valence-electron chi connectivity index (χ4n) is 1.49. The molecule has 0 spiro atoms. The minimum atomic E-state index is -0.192. The van der Waals surface area contributed by atoms with Crippen LogP contribution in [-0.4, -0.2) is 7.05 Å². The van der Waals surface area contributed by atoms with Crippen LogP contribution < -0.4 is 5.32 Å². The molecule has 0 aliphatic rings. The van der Waals surface area contributed by atoms with E-state index < -0.39 is 0 Å². The van der Waals surface area contributed by atoms with E-state index in [1.807, 2.05) is 12.1 Å². The normalized spacial score (nSPS) is 10.5. The van der Waals surface area contributed by atoms with Gasteiger partial charge in [-0.25, -0.2) is 4.39 Å². The SMILES string of the molecule is CNCc1ccc(-c2ccoc2)cc1F. The summed E-state index contributed by atoms with van der Waals surface area (Å²) in [7, 11) is 1.80. The highest BCUT2D eigenvalue weighted by Crippen LogP contribution is 2.22. The molecule has 0 aliphatic heterocycles. The van der Waals surface area contributed by atoms with Crippen LogP contribution in [0.3, 0.4) is 0 Å². The monoisotopic (exact) mass is 205 g/mol. The first kappa shape index (κ1) is 9.93. The van der Waals surface area contributed by atoms with Gasteiger partial charge in [0.1, 0.15) is 5.82 Å². The van der Waals surface area contributed by atoms with Gasteiger partial charge in [0.2, 0.25) is 0 Å². The second kappa shape index (κ2) is 4.28. The van der Waals surface area contributed by atoms with Crippen molar-refractivity contribution < 1.29 is 8.81 Å². The zero-order valence-electron chi connectivity index (χ0n) is 8.46. The quantitative estimate of drug-likeness (QED) is 0.833. The van der Waals surface area contributed by atoms with Crippen molar-refractivity contribution >= 4 is 0 Å². The maximum atomic E-state index is 13.6. The van der Waals surface area contributed by atoms with E-state index in [4.69, 9.17) is 4.42 Å². The second-order valence-electron chi connectivity index (χ2n) is 3.35. The summed E-state index contributed by atoms with van der Waals surface area (Å²) in [6, 6.07) is 7.01. The molecule has 1 N–H and O–H groups in total. The predicted octanol–water partition coefficient (Wildman–Crippen LogP) is 2.81. The average Bonchev–Trinajstić information content (AvgIpc) is 2.74. The number of benzene rings is 1. The van der Waals surface area contributed by atoms with E-state index in [9.17, 15) is 4.39 Å². The number of hydrogen-bond donors (Lipinski definition) is 1. The molecule has 0 bridgehead atoms. The van der Waals surface area contributed by atoms with Gasteiger partial charge in [0.15, 0.2) is 0 Å². The smallest absolute Gasteiger partial charge is 0.128 e. The molecule has 78 valence electrons. The van der Waals surface area contributed by atoms with Crippen LogP contribution in [0.25, 0.3) is 11.1 Å². The van der Waals surface area contributed by atoms with Gasteiger partial charge in [0.25, 0.3) is 0 Å². The molecule has 1 heterocycles. The van der Waals surface area contributed by atoms with Crippen molar-refractivity contribution in [3.63, 3.8) is 0 Å². The summed E-state index contributed by atoms with van der Waals surface area (Å²) in [6.07, 6.45) is 3.18. The van der Waals surface area contributed by atoms with E-state index in [0.717, 1.165) is 11.1 Å². The molecule has 0 radical (unpaired) electrons. The van der Waals surface area contributed by atoms with Crippen molar-refractivity contribution in [1.29, 1.82) is 0 Å². The van der Waals surface area contributed by atoms with Crippen molar-refractivity contribution in [2.45, 2.75) is 6.54 Å². The first-order valence-corrected chi connectivity index (χ1v) is 4.77. The second-order valence-corrected chi connectivity index (χ2v) is 3.35. The molecule has 15 heavy (non-hydrogen) atoms. The lowest BCUT2D eigenvalue weighted by Gasteiger charge is -2.04. The van der Waals surface area contributed by atoms with Crippen LogP contribution in [0, 0.1) is 5.82 Å². The highest BCUT2D eigenvalue weighted by molar-refractivity contribution is 5.62. The van der Waals surface area contributed by atoms with Gasteiger partial charge in [-0.3, -0.25) is 0 Å². The van der Waals surface area contributed by atoms with Gasteiger partial charge in [-0.05, 0) is 24.7 Å². The van der Waals surface area contributed by atoms with E-state index >= 15 is 0 Å². The summed E-state index contributed by atoms with van der Waals surface area (Å²) >= 11 is 0. The fraction of sp³-hybridized carbons (Fsp3) is 0.167.